The summed E-state index contributed by atoms with van der Waals surface area (Å²) in [6.45, 7) is 10.7. The van der Waals surface area contributed by atoms with Gasteiger partial charge in [0.15, 0.2) is 11.5 Å². The molecule has 1 unspecified atom stereocenters. The van der Waals surface area contributed by atoms with Gasteiger partial charge in [0.2, 0.25) is 0 Å². The molecule has 3 rings (SSSR count). The highest BCUT2D eigenvalue weighted by Crippen LogP contribution is 2.32. The Balaban J connectivity index is 1.82. The van der Waals surface area contributed by atoms with Gasteiger partial charge in [-0.2, -0.15) is 0 Å². The third-order valence-corrected chi connectivity index (χ3v) is 4.86. The van der Waals surface area contributed by atoms with E-state index in [4.69, 9.17) is 11.6 Å². The average molecular weight is 345 g/mol. The standard InChI is InChI=1S/C19H25ClN4/c1-12-6-9-14(10-7-12)11-8-13(2)17-21-22-18-15(20)16(19(3,4)5)23-24(17)18/h6-7,9-10,13,23H,8,11H2,1-5H3. The van der Waals surface area contributed by atoms with Crippen molar-refractivity contribution in [1.29, 1.82) is 0 Å². The Hall–Kier alpha value is -1.81. The van der Waals surface area contributed by atoms with Crippen LogP contribution in [0, 0.1) is 6.92 Å². The van der Waals surface area contributed by atoms with Crippen LogP contribution < -0.4 is 0 Å². The molecule has 1 aromatic carbocycles. The zero-order valence-electron chi connectivity index (χ0n) is 15.0. The number of aromatic nitrogens is 4. The predicted molar refractivity (Wildman–Crippen MR) is 99.0 cm³/mol. The Bertz CT molecular complexity index is 837. The van der Waals surface area contributed by atoms with Gasteiger partial charge in [-0.05, 0) is 25.3 Å². The fourth-order valence-corrected chi connectivity index (χ4v) is 3.35. The number of nitrogens with one attached hydrogen (secondary N) is 1. The normalized spacial score (nSPS) is 13.6. The first-order valence-electron chi connectivity index (χ1n) is 8.46. The number of fused-ring (bicyclic) bond motifs is 1. The van der Waals surface area contributed by atoms with Crippen LogP contribution in [0.2, 0.25) is 5.02 Å². The molecule has 5 heteroatoms. The lowest BCUT2D eigenvalue weighted by Crippen LogP contribution is -2.13. The molecule has 0 aliphatic heterocycles. The highest BCUT2D eigenvalue weighted by Gasteiger charge is 2.25. The lowest BCUT2D eigenvalue weighted by molar-refractivity contribution is 0.552. The Morgan fingerprint density at radius 2 is 1.83 bits per heavy atom. The van der Waals surface area contributed by atoms with Crippen LogP contribution in [-0.2, 0) is 11.8 Å². The number of hydrogen-bond acceptors (Lipinski definition) is 2. The van der Waals surface area contributed by atoms with Crippen LogP contribution >= 0.6 is 11.6 Å². The van der Waals surface area contributed by atoms with Crippen LogP contribution in [0.3, 0.4) is 0 Å². The van der Waals surface area contributed by atoms with Crippen LogP contribution in [0.4, 0.5) is 0 Å². The van der Waals surface area contributed by atoms with Crippen molar-refractivity contribution >= 4 is 17.2 Å². The van der Waals surface area contributed by atoms with Gasteiger partial charge in [0.25, 0.3) is 0 Å². The second-order valence-electron chi connectivity index (χ2n) is 7.69. The van der Waals surface area contributed by atoms with E-state index in [1.165, 1.54) is 11.1 Å². The van der Waals surface area contributed by atoms with Gasteiger partial charge in [-0.25, -0.2) is 4.52 Å². The highest BCUT2D eigenvalue weighted by molar-refractivity contribution is 6.34. The molecule has 0 aliphatic carbocycles. The number of aromatic amines is 1. The molecule has 0 amide bonds. The number of nitrogens with zero attached hydrogens (tertiary/aromatic N) is 3. The van der Waals surface area contributed by atoms with E-state index in [1.807, 2.05) is 4.52 Å². The van der Waals surface area contributed by atoms with Crippen molar-refractivity contribution in [3.63, 3.8) is 0 Å². The van der Waals surface area contributed by atoms with E-state index >= 15 is 0 Å². The molecule has 1 atom stereocenters. The summed E-state index contributed by atoms with van der Waals surface area (Å²) in [5.74, 6) is 1.23. The van der Waals surface area contributed by atoms with Crippen LogP contribution in [0.15, 0.2) is 24.3 Å². The third kappa shape index (κ3) is 3.20. The van der Waals surface area contributed by atoms with E-state index in [2.05, 4.69) is 74.2 Å². The summed E-state index contributed by atoms with van der Waals surface area (Å²) in [6.07, 6.45) is 2.04. The number of H-pyrrole nitrogens is 1. The van der Waals surface area contributed by atoms with E-state index in [9.17, 15) is 0 Å². The summed E-state index contributed by atoms with van der Waals surface area (Å²) < 4.78 is 1.95. The predicted octanol–water partition coefficient (Wildman–Crippen LogP) is 5.05. The minimum absolute atomic E-state index is 0.0554. The van der Waals surface area contributed by atoms with Gasteiger partial charge < -0.3 is 0 Å². The molecular formula is C19H25ClN4. The van der Waals surface area contributed by atoms with Crippen molar-refractivity contribution in [3.8, 4) is 0 Å². The SMILES string of the molecule is Cc1ccc(CCC(C)c2nnc3c(Cl)c(C(C)(C)C)[nH]n23)cc1. The van der Waals surface area contributed by atoms with E-state index in [0.29, 0.717) is 10.9 Å². The van der Waals surface area contributed by atoms with Crippen molar-refractivity contribution in [3.05, 3.63) is 51.9 Å². The zero-order valence-corrected chi connectivity index (χ0v) is 15.8. The number of rotatable bonds is 4. The van der Waals surface area contributed by atoms with Crippen LogP contribution in [-0.4, -0.2) is 19.8 Å². The molecule has 0 fully saturated rings. The fraction of sp³-hybridized carbons (Fsp3) is 0.474. The minimum Gasteiger partial charge on any atom is -0.293 e. The molecule has 24 heavy (non-hydrogen) atoms. The Kier molecular flexibility index (Phi) is 4.43. The van der Waals surface area contributed by atoms with E-state index in [1.54, 1.807) is 0 Å². The van der Waals surface area contributed by atoms with Crippen LogP contribution in [0.25, 0.3) is 5.65 Å². The Morgan fingerprint density at radius 3 is 2.46 bits per heavy atom. The van der Waals surface area contributed by atoms with Crippen molar-refractivity contribution in [2.24, 2.45) is 0 Å². The zero-order chi connectivity index (χ0) is 17.5. The molecular weight excluding hydrogens is 320 g/mol. The van der Waals surface area contributed by atoms with Crippen molar-refractivity contribution in [1.82, 2.24) is 19.8 Å². The van der Waals surface area contributed by atoms with Gasteiger partial charge >= 0.3 is 0 Å². The first-order chi connectivity index (χ1) is 11.3. The number of aryl methyl sites for hydroxylation is 2. The van der Waals surface area contributed by atoms with Gasteiger partial charge in [0.1, 0.15) is 5.02 Å². The maximum atomic E-state index is 6.49. The Labute approximate surface area is 148 Å². The monoisotopic (exact) mass is 344 g/mol. The van der Waals surface area contributed by atoms with E-state index in [0.717, 1.165) is 30.0 Å². The summed E-state index contributed by atoms with van der Waals surface area (Å²) in [7, 11) is 0. The second kappa shape index (κ2) is 6.25. The number of halogens is 1. The smallest absolute Gasteiger partial charge is 0.196 e. The minimum atomic E-state index is -0.0554. The van der Waals surface area contributed by atoms with Gasteiger partial charge in [0.05, 0.1) is 5.69 Å². The van der Waals surface area contributed by atoms with Crippen molar-refractivity contribution in [2.75, 3.05) is 0 Å². The quantitative estimate of drug-likeness (QED) is 0.719. The van der Waals surface area contributed by atoms with Crippen molar-refractivity contribution in [2.45, 2.75) is 58.8 Å². The molecule has 0 aliphatic rings. The Morgan fingerprint density at radius 1 is 1.17 bits per heavy atom. The fourth-order valence-electron chi connectivity index (χ4n) is 2.90. The molecule has 2 heterocycles. The molecule has 0 saturated heterocycles. The highest BCUT2D eigenvalue weighted by atomic mass is 35.5. The molecule has 0 radical (unpaired) electrons. The maximum Gasteiger partial charge on any atom is 0.196 e. The lowest BCUT2D eigenvalue weighted by Gasteiger charge is -2.16. The molecule has 0 spiro atoms. The molecule has 1 N–H and O–H groups in total. The summed E-state index contributed by atoms with van der Waals surface area (Å²) in [5, 5.41) is 12.7. The van der Waals surface area contributed by atoms with E-state index in [-0.39, 0.29) is 5.41 Å². The molecule has 3 aromatic rings. The van der Waals surface area contributed by atoms with Gasteiger partial charge in [-0.15, -0.1) is 10.2 Å². The van der Waals surface area contributed by atoms with Gasteiger partial charge in [-0.3, -0.25) is 5.10 Å². The topological polar surface area (TPSA) is 46.0 Å². The molecule has 2 aromatic heterocycles. The number of hydrogen-bond donors (Lipinski definition) is 1. The molecule has 128 valence electrons. The number of benzene rings is 1. The summed E-state index contributed by atoms with van der Waals surface area (Å²) in [6, 6.07) is 8.72. The van der Waals surface area contributed by atoms with E-state index < -0.39 is 0 Å². The first kappa shape index (κ1) is 17.0. The molecule has 0 bridgehead atoms. The first-order valence-corrected chi connectivity index (χ1v) is 8.83. The molecule has 0 saturated carbocycles. The summed E-state index contributed by atoms with van der Waals surface area (Å²) in [4.78, 5) is 0. The summed E-state index contributed by atoms with van der Waals surface area (Å²) in [5.41, 5.74) is 4.31. The van der Waals surface area contributed by atoms with Gasteiger partial charge in [0, 0.05) is 11.3 Å². The summed E-state index contributed by atoms with van der Waals surface area (Å²) >= 11 is 6.49. The van der Waals surface area contributed by atoms with Crippen molar-refractivity contribution < 1.29 is 0 Å². The maximum absolute atomic E-state index is 6.49. The van der Waals surface area contributed by atoms with Crippen LogP contribution in [0.1, 0.15) is 62.7 Å². The average Bonchev–Trinajstić information content (AvgIpc) is 3.07. The van der Waals surface area contributed by atoms with Gasteiger partial charge in [-0.1, -0.05) is 69.1 Å². The third-order valence-electron chi connectivity index (χ3n) is 4.50. The second-order valence-corrected chi connectivity index (χ2v) is 8.07. The largest absolute Gasteiger partial charge is 0.293 e. The molecule has 4 nitrogen and oxygen atoms in total. The lowest BCUT2D eigenvalue weighted by atomic mass is 9.92. The van der Waals surface area contributed by atoms with Crippen LogP contribution in [0.5, 0.6) is 0 Å².